The molecule has 10 nitrogen and oxygen atoms in total. The van der Waals surface area contributed by atoms with Crippen LogP contribution in [0.2, 0.25) is 0 Å². The third-order valence-corrected chi connectivity index (χ3v) is 5.03. The van der Waals surface area contributed by atoms with E-state index in [4.69, 9.17) is 0 Å². The van der Waals surface area contributed by atoms with Gasteiger partial charge < -0.3 is 36.4 Å². The van der Waals surface area contributed by atoms with E-state index in [1.807, 2.05) is 13.8 Å². The summed E-state index contributed by atoms with van der Waals surface area (Å²) < 4.78 is 0. The van der Waals surface area contributed by atoms with E-state index in [1.54, 1.807) is 34.6 Å². The Kier molecular flexibility index (Phi) is 13.5. The number of carbonyl (C=O) groups is 3. The van der Waals surface area contributed by atoms with Crippen molar-refractivity contribution in [1.82, 2.24) is 10.6 Å². The first-order valence-corrected chi connectivity index (χ1v) is 11.0. The van der Waals surface area contributed by atoms with E-state index in [0.717, 1.165) is 0 Å². The molecule has 1 aromatic carbocycles. The third kappa shape index (κ3) is 7.78. The van der Waals surface area contributed by atoms with E-state index in [0.29, 0.717) is 22.4 Å². The zero-order chi connectivity index (χ0) is 25.9. The van der Waals surface area contributed by atoms with Crippen molar-refractivity contribution in [2.75, 3.05) is 31.7 Å². The highest BCUT2D eigenvalue weighted by Gasteiger charge is 2.28. The number of aliphatic hydroxyl groups is 4. The van der Waals surface area contributed by atoms with Crippen molar-refractivity contribution in [2.45, 2.75) is 60.5 Å². The van der Waals surface area contributed by atoms with Crippen LogP contribution in [0.1, 0.15) is 65.1 Å². The van der Waals surface area contributed by atoms with E-state index < -0.39 is 50.3 Å². The van der Waals surface area contributed by atoms with E-state index in [1.165, 1.54) is 0 Å². The van der Waals surface area contributed by atoms with Gasteiger partial charge in [0.2, 0.25) is 5.91 Å². The highest BCUT2D eigenvalue weighted by Crippen LogP contribution is 2.32. The number of carbonyl (C=O) groups excluding carboxylic acids is 3. The van der Waals surface area contributed by atoms with Crippen molar-refractivity contribution in [3.8, 4) is 0 Å². The van der Waals surface area contributed by atoms with Crippen LogP contribution >= 0.6 is 0 Å². The summed E-state index contributed by atoms with van der Waals surface area (Å²) in [7, 11) is 0. The minimum absolute atomic E-state index is 0.117. The van der Waals surface area contributed by atoms with Crippen LogP contribution in [0.5, 0.6) is 0 Å². The Morgan fingerprint density at radius 2 is 1.03 bits per heavy atom. The molecular formula is C23H39N3O7. The van der Waals surface area contributed by atoms with Gasteiger partial charge in [-0.1, -0.05) is 27.7 Å². The smallest absolute Gasteiger partial charge is 0.252 e. The largest absolute Gasteiger partial charge is 0.394 e. The van der Waals surface area contributed by atoms with Gasteiger partial charge in [-0.05, 0) is 37.5 Å². The molecule has 0 atom stereocenters. The van der Waals surface area contributed by atoms with Crippen LogP contribution < -0.4 is 16.0 Å². The second kappa shape index (κ2) is 14.6. The summed E-state index contributed by atoms with van der Waals surface area (Å²) >= 11 is 0. The summed E-state index contributed by atoms with van der Waals surface area (Å²) in [4.78, 5) is 38.3. The molecule has 188 valence electrons. The quantitative estimate of drug-likeness (QED) is 0.260. The van der Waals surface area contributed by atoms with Crippen LogP contribution in [0.15, 0.2) is 0 Å². The summed E-state index contributed by atoms with van der Waals surface area (Å²) in [5.41, 5.74) is 1.70. The first-order chi connectivity index (χ1) is 15.5. The number of aliphatic hydroxyl groups excluding tert-OH is 4. The van der Waals surface area contributed by atoms with Gasteiger partial charge in [0.25, 0.3) is 11.8 Å². The number of nitrogens with one attached hydrogen (secondary N) is 3. The van der Waals surface area contributed by atoms with Crippen molar-refractivity contribution in [1.29, 1.82) is 0 Å². The molecule has 0 saturated carbocycles. The molecule has 0 aliphatic carbocycles. The minimum atomic E-state index is -0.897. The molecule has 0 unspecified atom stereocenters. The minimum Gasteiger partial charge on any atom is -0.394 e. The fourth-order valence-electron chi connectivity index (χ4n) is 3.17. The number of benzene rings is 1. The zero-order valence-corrected chi connectivity index (χ0v) is 20.6. The van der Waals surface area contributed by atoms with E-state index in [-0.39, 0.29) is 23.0 Å². The number of hydrogen-bond acceptors (Lipinski definition) is 7. The third-order valence-electron chi connectivity index (χ3n) is 5.03. The van der Waals surface area contributed by atoms with Gasteiger partial charge in [0.1, 0.15) is 0 Å². The van der Waals surface area contributed by atoms with Gasteiger partial charge in [0, 0.05) is 22.7 Å². The van der Waals surface area contributed by atoms with Crippen molar-refractivity contribution in [2.24, 2.45) is 5.92 Å². The lowest BCUT2D eigenvalue weighted by molar-refractivity contribution is -0.118. The highest BCUT2D eigenvalue weighted by atomic mass is 16.3. The SMILES string of the molecule is CC.Cc1c(NC(=O)C(C)C)c(C)c(C(=O)NC(CO)CO)c(C)c1C(=O)NC(CO)CO. The molecule has 0 saturated heterocycles. The molecule has 1 rings (SSSR count). The lowest BCUT2D eigenvalue weighted by Crippen LogP contribution is -2.42. The van der Waals surface area contributed by atoms with Crippen LogP contribution in [0, 0.1) is 26.7 Å². The summed E-state index contributed by atoms with van der Waals surface area (Å²) in [6.45, 7) is 10.3. The van der Waals surface area contributed by atoms with Crippen LogP contribution in [-0.4, -0.2) is 76.7 Å². The molecule has 10 heteroatoms. The van der Waals surface area contributed by atoms with Crippen LogP contribution in [0.25, 0.3) is 0 Å². The second-order valence-corrected chi connectivity index (χ2v) is 7.72. The topological polar surface area (TPSA) is 168 Å². The Hall–Kier alpha value is -2.53. The molecule has 3 amide bonds. The second-order valence-electron chi connectivity index (χ2n) is 7.72. The number of rotatable bonds is 10. The maximum atomic E-state index is 12.9. The molecule has 0 fully saturated rings. The van der Waals surface area contributed by atoms with Crippen molar-refractivity contribution in [3.05, 3.63) is 27.8 Å². The Balaban J connectivity index is 0.00000497. The Labute approximate surface area is 195 Å². The maximum Gasteiger partial charge on any atom is 0.252 e. The standard InChI is InChI=1S/C21H33N3O7.C2H6/c1-10(2)19(29)24-18-12(4)16(20(30)22-14(6-25)7-26)11(3)17(13(18)5)21(31)23-15(8-27)9-28;1-2/h10,14-15,25-28H,6-9H2,1-5H3,(H,22,30)(H,23,31)(H,24,29);1-2H3. The van der Waals surface area contributed by atoms with E-state index in [9.17, 15) is 34.8 Å². The van der Waals surface area contributed by atoms with Crippen LogP contribution in [0.3, 0.4) is 0 Å². The Morgan fingerprint density at radius 1 is 0.697 bits per heavy atom. The Bertz CT molecular complexity index is 764. The van der Waals surface area contributed by atoms with Gasteiger partial charge in [-0.15, -0.1) is 0 Å². The molecule has 0 aliphatic rings. The molecule has 0 bridgehead atoms. The first-order valence-electron chi connectivity index (χ1n) is 11.0. The summed E-state index contributed by atoms with van der Waals surface area (Å²) in [6, 6.07) is -1.79. The lowest BCUT2D eigenvalue weighted by Gasteiger charge is -2.24. The molecular weight excluding hydrogens is 430 g/mol. The predicted molar refractivity (Wildman–Crippen MR) is 126 cm³/mol. The first kappa shape index (κ1) is 30.5. The van der Waals surface area contributed by atoms with Crippen molar-refractivity contribution >= 4 is 23.4 Å². The molecule has 0 aliphatic heterocycles. The van der Waals surface area contributed by atoms with Gasteiger partial charge >= 0.3 is 0 Å². The maximum absolute atomic E-state index is 12.9. The summed E-state index contributed by atoms with van der Waals surface area (Å²) in [6.07, 6.45) is 0. The van der Waals surface area contributed by atoms with E-state index in [2.05, 4.69) is 16.0 Å². The van der Waals surface area contributed by atoms with Crippen molar-refractivity contribution in [3.63, 3.8) is 0 Å². The molecule has 0 spiro atoms. The van der Waals surface area contributed by atoms with Gasteiger partial charge in [-0.2, -0.15) is 0 Å². The van der Waals surface area contributed by atoms with Gasteiger partial charge in [-0.3, -0.25) is 14.4 Å². The van der Waals surface area contributed by atoms with Gasteiger partial charge in [-0.25, -0.2) is 0 Å². The van der Waals surface area contributed by atoms with Crippen LogP contribution in [-0.2, 0) is 4.79 Å². The van der Waals surface area contributed by atoms with E-state index >= 15 is 0 Å². The average molecular weight is 470 g/mol. The highest BCUT2D eigenvalue weighted by molar-refractivity contribution is 6.08. The fraction of sp³-hybridized carbons (Fsp3) is 0.609. The van der Waals surface area contributed by atoms with Gasteiger partial charge in [0.15, 0.2) is 0 Å². The summed E-state index contributed by atoms with van der Waals surface area (Å²) in [5.74, 6) is -1.91. The average Bonchev–Trinajstić information content (AvgIpc) is 2.79. The fourth-order valence-corrected chi connectivity index (χ4v) is 3.17. The normalized spacial score (nSPS) is 10.7. The molecule has 1 aromatic rings. The molecule has 33 heavy (non-hydrogen) atoms. The predicted octanol–water partition coefficient (Wildman–Crippen LogP) is 0.399. The van der Waals surface area contributed by atoms with Crippen LogP contribution in [0.4, 0.5) is 5.69 Å². The van der Waals surface area contributed by atoms with Gasteiger partial charge in [0.05, 0.1) is 38.5 Å². The molecule has 0 aromatic heterocycles. The monoisotopic (exact) mass is 469 g/mol. The summed E-state index contributed by atoms with van der Waals surface area (Å²) in [5, 5.41) is 44.9. The van der Waals surface area contributed by atoms with Crippen molar-refractivity contribution < 1.29 is 34.8 Å². The number of hydrogen-bond donors (Lipinski definition) is 7. The zero-order valence-electron chi connectivity index (χ0n) is 20.6. The number of anilines is 1. The number of amides is 3. The Morgan fingerprint density at radius 3 is 1.30 bits per heavy atom. The molecule has 0 heterocycles. The lowest BCUT2D eigenvalue weighted by atomic mass is 9.89. The molecule has 0 radical (unpaired) electrons. The molecule has 7 N–H and O–H groups in total.